The lowest BCUT2D eigenvalue weighted by Crippen LogP contribution is -2.29. The van der Waals surface area contributed by atoms with Gasteiger partial charge in [0.25, 0.3) is 0 Å². The second-order valence-corrected chi connectivity index (χ2v) is 7.83. The standard InChI is InChI=1S/C14H17I2NO3/c1-4-20-13(19)10-11(15)9-7(17-12(10)16)5-14(2,3)6-8(9)18/h8,18H,4-6H2,1-3H3/t8-/m0/s1. The number of halogens is 2. The van der Waals surface area contributed by atoms with Crippen molar-refractivity contribution in [2.24, 2.45) is 5.41 Å². The van der Waals surface area contributed by atoms with Crippen molar-refractivity contribution < 1.29 is 14.6 Å². The number of aliphatic hydroxyl groups is 1. The van der Waals surface area contributed by atoms with Crippen LogP contribution in [0.25, 0.3) is 0 Å². The van der Waals surface area contributed by atoms with E-state index in [4.69, 9.17) is 4.74 Å². The first-order valence-electron chi connectivity index (χ1n) is 6.49. The van der Waals surface area contributed by atoms with E-state index < -0.39 is 6.10 Å². The molecule has 1 N–H and O–H groups in total. The number of fused-ring (bicyclic) bond motifs is 1. The summed E-state index contributed by atoms with van der Waals surface area (Å²) in [5.74, 6) is -0.367. The lowest BCUT2D eigenvalue weighted by Gasteiger charge is -2.35. The topological polar surface area (TPSA) is 59.4 Å². The van der Waals surface area contributed by atoms with Crippen molar-refractivity contribution in [1.29, 1.82) is 0 Å². The van der Waals surface area contributed by atoms with E-state index in [1.54, 1.807) is 6.92 Å². The van der Waals surface area contributed by atoms with Crippen molar-refractivity contribution in [3.05, 3.63) is 24.1 Å². The van der Waals surface area contributed by atoms with Gasteiger partial charge in [-0.15, -0.1) is 0 Å². The minimum Gasteiger partial charge on any atom is -0.462 e. The Hall–Kier alpha value is 0.0400. The van der Waals surface area contributed by atoms with E-state index in [1.807, 2.05) is 0 Å². The molecule has 0 fully saturated rings. The highest BCUT2D eigenvalue weighted by Crippen LogP contribution is 2.43. The smallest absolute Gasteiger partial charge is 0.341 e. The quantitative estimate of drug-likeness (QED) is 0.384. The molecule has 1 aromatic rings. The van der Waals surface area contributed by atoms with E-state index in [9.17, 15) is 9.90 Å². The molecule has 0 aromatic carbocycles. The number of esters is 1. The Morgan fingerprint density at radius 3 is 2.75 bits per heavy atom. The molecule has 0 bridgehead atoms. The zero-order chi connectivity index (χ0) is 15.1. The first-order valence-corrected chi connectivity index (χ1v) is 8.65. The first kappa shape index (κ1) is 16.4. The summed E-state index contributed by atoms with van der Waals surface area (Å²) in [4.78, 5) is 16.6. The van der Waals surface area contributed by atoms with Crippen LogP contribution in [-0.4, -0.2) is 22.7 Å². The lowest BCUT2D eigenvalue weighted by atomic mass is 9.75. The molecule has 2 rings (SSSR count). The van der Waals surface area contributed by atoms with Gasteiger partial charge in [0.1, 0.15) is 9.26 Å². The molecule has 1 atom stereocenters. The lowest BCUT2D eigenvalue weighted by molar-refractivity contribution is 0.0521. The third-order valence-electron chi connectivity index (χ3n) is 3.41. The number of aromatic nitrogens is 1. The summed E-state index contributed by atoms with van der Waals surface area (Å²) in [5, 5.41) is 10.4. The van der Waals surface area contributed by atoms with Gasteiger partial charge in [-0.25, -0.2) is 9.78 Å². The summed E-state index contributed by atoms with van der Waals surface area (Å²) in [7, 11) is 0. The van der Waals surface area contributed by atoms with Crippen LogP contribution in [-0.2, 0) is 11.2 Å². The van der Waals surface area contributed by atoms with Gasteiger partial charge in [-0.2, -0.15) is 0 Å². The fraction of sp³-hybridized carbons (Fsp3) is 0.571. The van der Waals surface area contributed by atoms with E-state index in [1.165, 1.54) is 0 Å². The summed E-state index contributed by atoms with van der Waals surface area (Å²) in [6.07, 6.45) is 0.924. The summed E-state index contributed by atoms with van der Waals surface area (Å²) in [6.45, 7) is 6.36. The number of hydrogen-bond donors (Lipinski definition) is 1. The second-order valence-electron chi connectivity index (χ2n) is 5.73. The third-order valence-corrected chi connectivity index (χ3v) is 5.31. The summed E-state index contributed by atoms with van der Waals surface area (Å²) in [6, 6.07) is 0. The van der Waals surface area contributed by atoms with Gasteiger partial charge in [-0.1, -0.05) is 13.8 Å². The summed E-state index contributed by atoms with van der Waals surface area (Å²) >= 11 is 4.19. The molecule has 1 aromatic heterocycles. The van der Waals surface area contributed by atoms with E-state index >= 15 is 0 Å². The van der Waals surface area contributed by atoms with Crippen molar-refractivity contribution in [2.75, 3.05) is 6.61 Å². The molecule has 0 unspecified atom stereocenters. The van der Waals surface area contributed by atoms with Gasteiger partial charge in [-0.3, -0.25) is 0 Å². The molecule has 110 valence electrons. The van der Waals surface area contributed by atoms with Gasteiger partial charge in [0.05, 0.1) is 12.7 Å². The Morgan fingerprint density at radius 2 is 2.15 bits per heavy atom. The highest BCUT2D eigenvalue weighted by Gasteiger charge is 2.36. The molecular weight excluding hydrogens is 484 g/mol. The van der Waals surface area contributed by atoms with Gasteiger partial charge in [0.15, 0.2) is 0 Å². The average Bonchev–Trinajstić information content (AvgIpc) is 2.25. The van der Waals surface area contributed by atoms with Crippen molar-refractivity contribution in [3.8, 4) is 0 Å². The molecule has 0 radical (unpaired) electrons. The summed E-state index contributed by atoms with van der Waals surface area (Å²) in [5.41, 5.74) is 2.20. The van der Waals surface area contributed by atoms with Crippen molar-refractivity contribution in [2.45, 2.75) is 39.7 Å². The Balaban J connectivity index is 2.56. The van der Waals surface area contributed by atoms with Crippen LogP contribution in [0, 0.1) is 12.7 Å². The number of hydrogen-bond acceptors (Lipinski definition) is 4. The van der Waals surface area contributed by atoms with E-state index in [-0.39, 0.29) is 11.4 Å². The molecule has 0 saturated carbocycles. The molecule has 1 aliphatic rings. The third kappa shape index (κ3) is 3.11. The summed E-state index contributed by atoms with van der Waals surface area (Å²) < 4.78 is 6.51. The number of ether oxygens (including phenoxy) is 1. The van der Waals surface area contributed by atoms with Crippen LogP contribution in [0.2, 0.25) is 0 Å². The largest absolute Gasteiger partial charge is 0.462 e. The van der Waals surface area contributed by atoms with Crippen molar-refractivity contribution in [1.82, 2.24) is 4.98 Å². The Bertz CT molecular complexity index is 558. The van der Waals surface area contributed by atoms with Gasteiger partial charge >= 0.3 is 5.97 Å². The predicted octanol–water partition coefficient (Wildman–Crippen LogP) is 3.47. The van der Waals surface area contributed by atoms with Crippen LogP contribution >= 0.6 is 45.2 Å². The zero-order valence-electron chi connectivity index (χ0n) is 11.7. The number of aliphatic hydroxyl groups excluding tert-OH is 1. The molecule has 1 aliphatic carbocycles. The van der Waals surface area contributed by atoms with Crippen LogP contribution in [0.5, 0.6) is 0 Å². The molecule has 0 saturated heterocycles. The number of pyridine rings is 1. The monoisotopic (exact) mass is 501 g/mol. The first-order chi connectivity index (χ1) is 9.26. The molecule has 0 amide bonds. The maximum absolute atomic E-state index is 12.1. The second kappa shape index (κ2) is 6.04. The Kier molecular flexibility index (Phi) is 4.95. The number of carbonyl (C=O) groups is 1. The predicted molar refractivity (Wildman–Crippen MR) is 92.7 cm³/mol. The fourth-order valence-electron chi connectivity index (χ4n) is 2.59. The number of rotatable bonds is 2. The minimum absolute atomic E-state index is 0.0248. The maximum Gasteiger partial charge on any atom is 0.341 e. The zero-order valence-corrected chi connectivity index (χ0v) is 16.0. The Morgan fingerprint density at radius 1 is 1.50 bits per heavy atom. The van der Waals surface area contributed by atoms with Gasteiger partial charge in [0, 0.05) is 14.8 Å². The molecule has 1 heterocycles. The number of nitrogens with zero attached hydrogens (tertiary/aromatic N) is 1. The SMILES string of the molecule is CCOC(=O)c1c(I)nc2c(c1I)[C@@H](O)CC(C)(C)C2. The van der Waals surface area contributed by atoms with E-state index in [0.717, 1.165) is 21.2 Å². The number of carbonyl (C=O) groups excluding carboxylic acids is 1. The van der Waals surface area contributed by atoms with Crippen LogP contribution < -0.4 is 0 Å². The van der Waals surface area contributed by atoms with Gasteiger partial charge in [0.2, 0.25) is 0 Å². The minimum atomic E-state index is -0.571. The highest BCUT2D eigenvalue weighted by atomic mass is 127. The van der Waals surface area contributed by atoms with E-state index in [2.05, 4.69) is 64.0 Å². The van der Waals surface area contributed by atoms with Crippen molar-refractivity contribution in [3.63, 3.8) is 0 Å². The molecule has 20 heavy (non-hydrogen) atoms. The highest BCUT2D eigenvalue weighted by molar-refractivity contribution is 14.1. The molecule has 0 aliphatic heterocycles. The fourth-order valence-corrected chi connectivity index (χ4v) is 5.03. The molecule has 6 heteroatoms. The van der Waals surface area contributed by atoms with Crippen LogP contribution in [0.4, 0.5) is 0 Å². The van der Waals surface area contributed by atoms with E-state index in [0.29, 0.717) is 22.3 Å². The van der Waals surface area contributed by atoms with Crippen LogP contribution in [0.15, 0.2) is 0 Å². The van der Waals surface area contributed by atoms with Crippen molar-refractivity contribution >= 4 is 51.2 Å². The van der Waals surface area contributed by atoms with Gasteiger partial charge < -0.3 is 9.84 Å². The average molecular weight is 501 g/mol. The van der Waals surface area contributed by atoms with Crippen LogP contribution in [0.3, 0.4) is 0 Å². The maximum atomic E-state index is 12.1. The Labute approximate surface area is 146 Å². The van der Waals surface area contributed by atoms with Gasteiger partial charge in [-0.05, 0) is 70.4 Å². The molecule has 0 spiro atoms. The normalized spacial score (nSPS) is 20.4. The molecular formula is C14H17I2NO3. The van der Waals surface area contributed by atoms with Crippen LogP contribution in [0.1, 0.15) is 54.9 Å². The molecule has 4 nitrogen and oxygen atoms in total.